The summed E-state index contributed by atoms with van der Waals surface area (Å²) in [4.78, 5) is 2.64. The van der Waals surface area contributed by atoms with Crippen LogP contribution in [0, 0.1) is 17.3 Å². The Labute approximate surface area is 110 Å². The smallest absolute Gasteiger partial charge is 0.0685 e. The average Bonchev–Trinajstić information content (AvgIpc) is 2.84. The predicted octanol–water partition coefficient (Wildman–Crippen LogP) is 1.48. The highest BCUT2D eigenvalue weighted by Crippen LogP contribution is 2.52. The van der Waals surface area contributed by atoms with Crippen LogP contribution in [-0.4, -0.2) is 49.3 Å². The minimum atomic E-state index is 0.340. The molecule has 4 heterocycles. The van der Waals surface area contributed by atoms with Crippen molar-refractivity contribution in [1.82, 2.24) is 10.2 Å². The SMILES string of the molecule is CC1(C)C(NC2CN3CCC2CC3)C2CCOC21. The Balaban J connectivity index is 1.45. The molecule has 0 aromatic heterocycles. The van der Waals surface area contributed by atoms with Crippen LogP contribution in [0.5, 0.6) is 0 Å². The van der Waals surface area contributed by atoms with Crippen LogP contribution in [0.15, 0.2) is 0 Å². The molecule has 3 heteroatoms. The fourth-order valence-electron chi connectivity index (χ4n) is 5.05. The molecule has 0 aromatic rings. The molecule has 4 aliphatic heterocycles. The number of nitrogens with one attached hydrogen (secondary N) is 1. The van der Waals surface area contributed by atoms with E-state index in [2.05, 4.69) is 24.1 Å². The number of hydrogen-bond acceptors (Lipinski definition) is 3. The van der Waals surface area contributed by atoms with E-state index in [1.54, 1.807) is 0 Å². The van der Waals surface area contributed by atoms with Crippen LogP contribution < -0.4 is 5.32 Å². The second-order valence-electron chi connectivity index (χ2n) is 7.45. The van der Waals surface area contributed by atoms with E-state index < -0.39 is 0 Å². The monoisotopic (exact) mass is 250 g/mol. The van der Waals surface area contributed by atoms with E-state index in [1.807, 2.05) is 0 Å². The Hall–Kier alpha value is -0.120. The Bertz CT molecular complexity index is 335. The van der Waals surface area contributed by atoms with Crippen molar-refractivity contribution < 1.29 is 4.74 Å². The Kier molecular flexibility index (Phi) is 2.56. The zero-order valence-electron chi connectivity index (χ0n) is 11.7. The highest BCUT2D eigenvalue weighted by atomic mass is 16.5. The van der Waals surface area contributed by atoms with Crippen molar-refractivity contribution in [2.24, 2.45) is 17.3 Å². The van der Waals surface area contributed by atoms with Crippen molar-refractivity contribution in [2.45, 2.75) is 51.3 Å². The third-order valence-corrected chi connectivity index (χ3v) is 6.15. The first-order chi connectivity index (χ1) is 8.66. The third-order valence-electron chi connectivity index (χ3n) is 6.15. The van der Waals surface area contributed by atoms with Crippen molar-refractivity contribution >= 4 is 0 Å². The quantitative estimate of drug-likeness (QED) is 0.803. The molecule has 4 saturated heterocycles. The van der Waals surface area contributed by atoms with Gasteiger partial charge in [-0.2, -0.15) is 0 Å². The van der Waals surface area contributed by atoms with Crippen molar-refractivity contribution in [2.75, 3.05) is 26.2 Å². The lowest BCUT2D eigenvalue weighted by molar-refractivity contribution is -0.121. The lowest BCUT2D eigenvalue weighted by Crippen LogP contribution is -2.70. The van der Waals surface area contributed by atoms with E-state index in [0.29, 0.717) is 17.6 Å². The molecule has 5 aliphatic rings. The van der Waals surface area contributed by atoms with Crippen molar-refractivity contribution in [3.63, 3.8) is 0 Å². The lowest BCUT2D eigenvalue weighted by atomic mass is 9.57. The topological polar surface area (TPSA) is 24.5 Å². The van der Waals surface area contributed by atoms with Gasteiger partial charge < -0.3 is 15.0 Å². The average molecular weight is 250 g/mol. The van der Waals surface area contributed by atoms with Gasteiger partial charge in [-0.05, 0) is 38.3 Å². The molecule has 0 radical (unpaired) electrons. The number of fused-ring (bicyclic) bond motifs is 4. The normalized spacial score (nSPS) is 53.0. The summed E-state index contributed by atoms with van der Waals surface area (Å²) in [5, 5.41) is 4.03. The third kappa shape index (κ3) is 1.53. The summed E-state index contributed by atoms with van der Waals surface area (Å²) < 4.78 is 5.90. The van der Waals surface area contributed by atoms with E-state index in [4.69, 9.17) is 4.74 Å². The highest BCUT2D eigenvalue weighted by molar-refractivity contribution is 5.12. The Morgan fingerprint density at radius 3 is 2.61 bits per heavy atom. The van der Waals surface area contributed by atoms with Gasteiger partial charge in [-0.1, -0.05) is 13.8 Å². The summed E-state index contributed by atoms with van der Waals surface area (Å²) in [6.45, 7) is 9.72. The van der Waals surface area contributed by atoms with Gasteiger partial charge in [0.1, 0.15) is 0 Å². The van der Waals surface area contributed by atoms with Gasteiger partial charge in [-0.25, -0.2) is 0 Å². The summed E-state index contributed by atoms with van der Waals surface area (Å²) in [5.41, 5.74) is 0.340. The second kappa shape index (κ2) is 3.94. The van der Waals surface area contributed by atoms with E-state index >= 15 is 0 Å². The first kappa shape index (κ1) is 11.7. The molecule has 0 amide bonds. The van der Waals surface area contributed by atoms with Crippen LogP contribution in [0.25, 0.3) is 0 Å². The molecule has 1 N–H and O–H groups in total. The van der Waals surface area contributed by atoms with Gasteiger partial charge in [-0.3, -0.25) is 0 Å². The second-order valence-corrected chi connectivity index (χ2v) is 7.45. The maximum Gasteiger partial charge on any atom is 0.0685 e. The van der Waals surface area contributed by atoms with Gasteiger partial charge in [0.2, 0.25) is 0 Å². The first-order valence-electron chi connectivity index (χ1n) is 7.76. The van der Waals surface area contributed by atoms with E-state index in [-0.39, 0.29) is 0 Å². The van der Waals surface area contributed by atoms with Crippen LogP contribution in [-0.2, 0) is 4.74 Å². The van der Waals surface area contributed by atoms with Gasteiger partial charge in [0.25, 0.3) is 0 Å². The summed E-state index contributed by atoms with van der Waals surface area (Å²) in [7, 11) is 0. The van der Waals surface area contributed by atoms with Crippen molar-refractivity contribution in [3.05, 3.63) is 0 Å². The molecule has 4 atom stereocenters. The van der Waals surface area contributed by atoms with Crippen LogP contribution in [0.3, 0.4) is 0 Å². The molecular weight excluding hydrogens is 224 g/mol. The van der Waals surface area contributed by atoms with Gasteiger partial charge in [0, 0.05) is 36.6 Å². The number of piperidine rings is 3. The predicted molar refractivity (Wildman–Crippen MR) is 71.5 cm³/mol. The van der Waals surface area contributed by atoms with Gasteiger partial charge in [0.05, 0.1) is 6.10 Å². The van der Waals surface area contributed by atoms with Crippen LogP contribution in [0.2, 0.25) is 0 Å². The summed E-state index contributed by atoms with van der Waals surface area (Å²) in [6, 6.07) is 1.44. The molecule has 2 bridgehead atoms. The maximum absolute atomic E-state index is 5.90. The number of ether oxygens (including phenoxy) is 1. The number of nitrogens with zero attached hydrogens (tertiary/aromatic N) is 1. The molecule has 0 aromatic carbocycles. The highest BCUT2D eigenvalue weighted by Gasteiger charge is 2.59. The Morgan fingerprint density at radius 2 is 1.94 bits per heavy atom. The molecule has 102 valence electrons. The summed E-state index contributed by atoms with van der Waals surface area (Å²) >= 11 is 0. The minimum absolute atomic E-state index is 0.340. The first-order valence-corrected chi connectivity index (χ1v) is 7.76. The zero-order chi connectivity index (χ0) is 12.3. The van der Waals surface area contributed by atoms with Gasteiger partial charge >= 0.3 is 0 Å². The molecule has 1 aliphatic carbocycles. The number of hydrogen-bond donors (Lipinski definition) is 1. The summed E-state index contributed by atoms with van der Waals surface area (Å²) in [5.74, 6) is 1.72. The van der Waals surface area contributed by atoms with E-state index in [1.165, 1.54) is 38.9 Å². The fraction of sp³-hybridized carbons (Fsp3) is 1.00. The molecule has 4 unspecified atom stereocenters. The summed E-state index contributed by atoms with van der Waals surface area (Å²) in [6.07, 6.45) is 4.62. The van der Waals surface area contributed by atoms with E-state index in [9.17, 15) is 0 Å². The van der Waals surface area contributed by atoms with Crippen LogP contribution in [0.1, 0.15) is 33.1 Å². The molecule has 18 heavy (non-hydrogen) atoms. The lowest BCUT2D eigenvalue weighted by Gasteiger charge is -2.58. The Morgan fingerprint density at radius 1 is 1.17 bits per heavy atom. The van der Waals surface area contributed by atoms with Gasteiger partial charge in [0.15, 0.2) is 0 Å². The minimum Gasteiger partial charge on any atom is -0.377 e. The maximum atomic E-state index is 5.90. The van der Waals surface area contributed by atoms with E-state index in [0.717, 1.165) is 24.5 Å². The van der Waals surface area contributed by atoms with Crippen molar-refractivity contribution in [3.8, 4) is 0 Å². The fourth-order valence-corrected chi connectivity index (χ4v) is 5.05. The molecule has 1 saturated carbocycles. The van der Waals surface area contributed by atoms with Crippen molar-refractivity contribution in [1.29, 1.82) is 0 Å². The zero-order valence-corrected chi connectivity index (χ0v) is 11.7. The van der Waals surface area contributed by atoms with Crippen LogP contribution >= 0.6 is 0 Å². The van der Waals surface area contributed by atoms with Gasteiger partial charge in [-0.15, -0.1) is 0 Å². The number of rotatable bonds is 2. The standard InChI is InChI=1S/C15H26N2O/c1-15(2)13(11-5-8-18-14(11)15)16-12-9-17-6-3-10(12)4-7-17/h10-14,16H,3-9H2,1-2H3. The largest absolute Gasteiger partial charge is 0.377 e. The molecular formula is C15H26N2O. The molecule has 0 spiro atoms. The molecule has 5 rings (SSSR count). The van der Waals surface area contributed by atoms with Crippen LogP contribution in [0.4, 0.5) is 0 Å². The molecule has 3 nitrogen and oxygen atoms in total. The molecule has 5 fully saturated rings.